The number of Topliss-reactive ketones (excluding diaryl/α,β-unsaturated/α-hetero) is 1. The largest absolute Gasteiger partial charge is 0.484 e. The number of alkyl halides is 3. The van der Waals surface area contributed by atoms with Crippen molar-refractivity contribution in [3.8, 4) is 5.75 Å². The highest BCUT2D eigenvalue weighted by atomic mass is 19.4. The summed E-state index contributed by atoms with van der Waals surface area (Å²) in [6, 6.07) is 4.26. The number of hydrogen-bond donors (Lipinski definition) is 0. The van der Waals surface area contributed by atoms with E-state index < -0.39 is 30.3 Å². The standard InChI is InChI=1S/C17H17F3O4/c1-10-4-5-11(23-9-17(18,19)20)8-12(10)13-14(21)16(24-15(13)22)6-2-3-7-16/h4-5,8,13H,2-3,6-7,9H2,1H3. The summed E-state index contributed by atoms with van der Waals surface area (Å²) in [6.07, 6.45) is -1.80. The van der Waals surface area contributed by atoms with Crippen LogP contribution >= 0.6 is 0 Å². The van der Waals surface area contributed by atoms with E-state index in [0.717, 1.165) is 12.8 Å². The average molecular weight is 342 g/mol. The summed E-state index contributed by atoms with van der Waals surface area (Å²) in [5, 5.41) is 0. The second-order valence-corrected chi connectivity index (χ2v) is 6.34. The summed E-state index contributed by atoms with van der Waals surface area (Å²) in [7, 11) is 0. The van der Waals surface area contributed by atoms with Crippen LogP contribution in [0.3, 0.4) is 0 Å². The predicted molar refractivity (Wildman–Crippen MR) is 77.8 cm³/mol. The second-order valence-electron chi connectivity index (χ2n) is 6.34. The molecule has 1 aliphatic heterocycles. The van der Waals surface area contributed by atoms with Gasteiger partial charge in [0.15, 0.2) is 18.0 Å². The van der Waals surface area contributed by atoms with E-state index in [9.17, 15) is 22.8 Å². The molecule has 0 radical (unpaired) electrons. The lowest BCUT2D eigenvalue weighted by Crippen LogP contribution is -2.33. The van der Waals surface area contributed by atoms with Gasteiger partial charge in [-0.15, -0.1) is 0 Å². The smallest absolute Gasteiger partial charge is 0.422 e. The minimum Gasteiger partial charge on any atom is -0.484 e. The number of ketones is 1. The van der Waals surface area contributed by atoms with Crippen molar-refractivity contribution in [2.45, 2.75) is 50.3 Å². The summed E-state index contributed by atoms with van der Waals surface area (Å²) in [4.78, 5) is 25.0. The fourth-order valence-electron chi connectivity index (χ4n) is 3.42. The Hall–Kier alpha value is -2.05. The fourth-order valence-corrected chi connectivity index (χ4v) is 3.42. The maximum absolute atomic E-state index is 12.8. The summed E-state index contributed by atoms with van der Waals surface area (Å²) in [5.74, 6) is -2.03. The highest BCUT2D eigenvalue weighted by molar-refractivity contribution is 6.13. The molecule has 1 aliphatic carbocycles. The minimum atomic E-state index is -4.46. The third-order valence-corrected chi connectivity index (χ3v) is 4.62. The zero-order valence-electron chi connectivity index (χ0n) is 13.1. The number of benzene rings is 1. The molecule has 0 N–H and O–H groups in total. The quantitative estimate of drug-likeness (QED) is 0.624. The number of carbonyl (C=O) groups excluding carboxylic acids is 2. The van der Waals surface area contributed by atoms with Gasteiger partial charge in [-0.25, -0.2) is 0 Å². The first-order valence-electron chi connectivity index (χ1n) is 7.79. The number of hydrogen-bond acceptors (Lipinski definition) is 4. The van der Waals surface area contributed by atoms with Gasteiger partial charge >= 0.3 is 12.1 Å². The van der Waals surface area contributed by atoms with E-state index in [4.69, 9.17) is 9.47 Å². The van der Waals surface area contributed by atoms with Crippen LogP contribution in [0.2, 0.25) is 0 Å². The van der Waals surface area contributed by atoms with Gasteiger partial charge in [-0.05, 0) is 55.9 Å². The molecule has 24 heavy (non-hydrogen) atoms. The van der Waals surface area contributed by atoms with E-state index in [2.05, 4.69) is 0 Å². The first kappa shape index (κ1) is 16.8. The maximum atomic E-state index is 12.8. The van der Waals surface area contributed by atoms with E-state index in [1.54, 1.807) is 13.0 Å². The summed E-state index contributed by atoms with van der Waals surface area (Å²) >= 11 is 0. The Labute approximate surface area is 136 Å². The molecule has 1 saturated heterocycles. The first-order chi connectivity index (χ1) is 11.2. The highest BCUT2D eigenvalue weighted by Crippen LogP contribution is 2.45. The molecule has 1 spiro atoms. The van der Waals surface area contributed by atoms with Crippen LogP contribution in [0.1, 0.15) is 42.7 Å². The summed E-state index contributed by atoms with van der Waals surface area (Å²) < 4.78 is 47.0. The number of esters is 1. The van der Waals surface area contributed by atoms with Gasteiger partial charge in [-0.1, -0.05) is 6.07 Å². The van der Waals surface area contributed by atoms with E-state index in [1.165, 1.54) is 12.1 Å². The number of ether oxygens (including phenoxy) is 2. The van der Waals surface area contributed by atoms with Gasteiger partial charge in [0.2, 0.25) is 0 Å². The normalized spacial score (nSPS) is 22.9. The third-order valence-electron chi connectivity index (χ3n) is 4.62. The van der Waals surface area contributed by atoms with E-state index >= 15 is 0 Å². The van der Waals surface area contributed by atoms with Gasteiger partial charge in [0.1, 0.15) is 11.7 Å². The van der Waals surface area contributed by atoms with Crippen molar-refractivity contribution in [1.29, 1.82) is 0 Å². The van der Waals surface area contributed by atoms with Crippen LogP contribution in [-0.4, -0.2) is 30.1 Å². The molecule has 0 bridgehead atoms. The van der Waals surface area contributed by atoms with Crippen molar-refractivity contribution in [2.24, 2.45) is 0 Å². The predicted octanol–water partition coefficient (Wildman–Crippen LogP) is 3.46. The Kier molecular flexibility index (Phi) is 4.05. The Morgan fingerprint density at radius 2 is 1.92 bits per heavy atom. The summed E-state index contributed by atoms with van der Waals surface area (Å²) in [6.45, 7) is 0.269. The lowest BCUT2D eigenvalue weighted by atomic mass is 9.85. The number of aryl methyl sites for hydroxylation is 1. The van der Waals surface area contributed by atoms with Crippen LogP contribution < -0.4 is 4.74 Å². The molecule has 1 aromatic carbocycles. The summed E-state index contributed by atoms with van der Waals surface area (Å²) in [5.41, 5.74) is -0.0510. The van der Waals surface area contributed by atoms with Crippen LogP contribution in [-0.2, 0) is 14.3 Å². The maximum Gasteiger partial charge on any atom is 0.422 e. The SMILES string of the molecule is Cc1ccc(OCC(F)(F)F)cc1C1C(=O)OC2(CCCC2)C1=O. The Bertz CT molecular complexity index is 675. The van der Waals surface area contributed by atoms with Crippen LogP contribution in [0.5, 0.6) is 5.75 Å². The fraction of sp³-hybridized carbons (Fsp3) is 0.529. The zero-order valence-corrected chi connectivity index (χ0v) is 13.1. The molecule has 7 heteroatoms. The molecule has 0 aromatic heterocycles. The lowest BCUT2D eigenvalue weighted by Gasteiger charge is -2.19. The third kappa shape index (κ3) is 2.99. The molecular formula is C17H17F3O4. The zero-order chi connectivity index (χ0) is 17.5. The van der Waals surface area contributed by atoms with E-state index in [0.29, 0.717) is 24.0 Å². The van der Waals surface area contributed by atoms with Crippen LogP contribution in [0.25, 0.3) is 0 Å². The van der Waals surface area contributed by atoms with Gasteiger partial charge in [-0.3, -0.25) is 9.59 Å². The molecule has 4 nitrogen and oxygen atoms in total. The lowest BCUT2D eigenvalue weighted by molar-refractivity contribution is -0.153. The van der Waals surface area contributed by atoms with Gasteiger partial charge < -0.3 is 9.47 Å². The molecule has 1 unspecified atom stereocenters. The van der Waals surface area contributed by atoms with Crippen molar-refractivity contribution < 1.29 is 32.2 Å². The highest BCUT2D eigenvalue weighted by Gasteiger charge is 2.56. The van der Waals surface area contributed by atoms with Gasteiger partial charge in [0, 0.05) is 0 Å². The molecule has 1 saturated carbocycles. The van der Waals surface area contributed by atoms with Gasteiger partial charge in [0.05, 0.1) is 0 Å². The molecule has 130 valence electrons. The van der Waals surface area contributed by atoms with Crippen molar-refractivity contribution >= 4 is 11.8 Å². The second kappa shape index (κ2) is 5.79. The number of carbonyl (C=O) groups is 2. The molecule has 2 fully saturated rings. The van der Waals surface area contributed by atoms with Crippen molar-refractivity contribution in [1.82, 2.24) is 0 Å². The van der Waals surface area contributed by atoms with E-state index in [1.807, 2.05) is 0 Å². The molecule has 2 aliphatic rings. The molecule has 1 atom stereocenters. The van der Waals surface area contributed by atoms with Crippen molar-refractivity contribution in [3.05, 3.63) is 29.3 Å². The molecule has 1 heterocycles. The Balaban J connectivity index is 1.88. The monoisotopic (exact) mass is 342 g/mol. The Morgan fingerprint density at radius 3 is 2.54 bits per heavy atom. The first-order valence-corrected chi connectivity index (χ1v) is 7.79. The number of halogens is 3. The molecule has 0 amide bonds. The van der Waals surface area contributed by atoms with Crippen molar-refractivity contribution in [3.63, 3.8) is 0 Å². The molecular weight excluding hydrogens is 325 g/mol. The topological polar surface area (TPSA) is 52.6 Å². The average Bonchev–Trinajstić information content (AvgIpc) is 3.05. The number of rotatable bonds is 3. The molecule has 3 rings (SSSR count). The van der Waals surface area contributed by atoms with Gasteiger partial charge in [-0.2, -0.15) is 13.2 Å². The van der Waals surface area contributed by atoms with Crippen LogP contribution in [0.4, 0.5) is 13.2 Å². The molecule has 1 aromatic rings. The van der Waals surface area contributed by atoms with E-state index in [-0.39, 0.29) is 11.5 Å². The van der Waals surface area contributed by atoms with Gasteiger partial charge in [0.25, 0.3) is 0 Å². The van der Waals surface area contributed by atoms with Crippen LogP contribution in [0, 0.1) is 6.92 Å². The Morgan fingerprint density at radius 1 is 1.25 bits per heavy atom. The van der Waals surface area contributed by atoms with Crippen LogP contribution in [0.15, 0.2) is 18.2 Å². The van der Waals surface area contributed by atoms with Crippen molar-refractivity contribution in [2.75, 3.05) is 6.61 Å². The minimum absolute atomic E-state index is 0.0269.